The molecule has 0 bridgehead atoms. The smallest absolute Gasteiger partial charge is 0.191 e. The first kappa shape index (κ1) is 18.6. The normalized spacial score (nSPS) is 24.7. The number of nitrogens with one attached hydrogen (secondary N) is 2. The first-order valence-corrected chi connectivity index (χ1v) is 10.5. The minimum atomic E-state index is 0.359. The summed E-state index contributed by atoms with van der Waals surface area (Å²) >= 11 is 1.79. The number of hydrogen-bond donors (Lipinski definition) is 2. The van der Waals surface area contributed by atoms with Crippen molar-refractivity contribution >= 4 is 17.3 Å². The van der Waals surface area contributed by atoms with Crippen LogP contribution in [0.1, 0.15) is 55.1 Å². The van der Waals surface area contributed by atoms with Gasteiger partial charge in [0.1, 0.15) is 0 Å². The van der Waals surface area contributed by atoms with Crippen LogP contribution < -0.4 is 10.6 Å². The average Bonchev–Trinajstić information content (AvgIpc) is 2.82. The Morgan fingerprint density at radius 1 is 1.36 bits per heavy atom. The predicted octanol–water partition coefficient (Wildman–Crippen LogP) is 3.21. The van der Waals surface area contributed by atoms with Crippen LogP contribution in [0.5, 0.6) is 0 Å². The number of guanidine groups is 1. The van der Waals surface area contributed by atoms with Gasteiger partial charge in [-0.15, -0.1) is 11.3 Å². The van der Waals surface area contributed by atoms with E-state index in [-0.39, 0.29) is 0 Å². The van der Waals surface area contributed by atoms with E-state index in [4.69, 9.17) is 9.73 Å². The molecule has 2 unspecified atom stereocenters. The molecule has 2 saturated carbocycles. The maximum atomic E-state index is 5.96. The van der Waals surface area contributed by atoms with Crippen molar-refractivity contribution in [1.29, 1.82) is 0 Å². The van der Waals surface area contributed by atoms with Crippen LogP contribution >= 0.6 is 11.3 Å². The van der Waals surface area contributed by atoms with Gasteiger partial charge in [-0.1, -0.05) is 6.42 Å². The molecule has 25 heavy (non-hydrogen) atoms. The number of thiazole rings is 1. The summed E-state index contributed by atoms with van der Waals surface area (Å²) in [5, 5.41) is 8.24. The number of aromatic nitrogens is 1. The van der Waals surface area contributed by atoms with Crippen molar-refractivity contribution in [3.8, 4) is 0 Å². The molecule has 1 heterocycles. The fourth-order valence-electron chi connectivity index (χ4n) is 4.20. The molecule has 1 aromatic rings. The number of aliphatic imine (C=N–C) groups is 1. The minimum Gasteiger partial charge on any atom is -0.378 e. The van der Waals surface area contributed by atoms with Gasteiger partial charge in [0.05, 0.1) is 16.8 Å². The van der Waals surface area contributed by atoms with Crippen molar-refractivity contribution in [3.05, 3.63) is 15.6 Å². The first-order valence-electron chi connectivity index (χ1n) is 9.68. The maximum absolute atomic E-state index is 5.96. The second-order valence-corrected chi connectivity index (χ2v) is 8.50. The lowest BCUT2D eigenvalue weighted by atomic mass is 9.51. The molecule has 2 fully saturated rings. The van der Waals surface area contributed by atoms with E-state index in [1.165, 1.54) is 24.1 Å². The van der Waals surface area contributed by atoms with Crippen LogP contribution in [0.2, 0.25) is 0 Å². The SMILES string of the molecule is CCNC(=NCCc1sc(C)nc1C)NC1CC(OCC)C12CCC2. The topological polar surface area (TPSA) is 58.5 Å². The highest BCUT2D eigenvalue weighted by molar-refractivity contribution is 7.11. The quantitative estimate of drug-likeness (QED) is 0.576. The summed E-state index contributed by atoms with van der Waals surface area (Å²) in [6.07, 6.45) is 6.41. The van der Waals surface area contributed by atoms with Gasteiger partial charge >= 0.3 is 0 Å². The lowest BCUT2D eigenvalue weighted by Crippen LogP contribution is -2.68. The third-order valence-corrected chi connectivity index (χ3v) is 6.83. The summed E-state index contributed by atoms with van der Waals surface area (Å²) in [6, 6.07) is 0.503. The van der Waals surface area contributed by atoms with Crippen LogP contribution in [0.3, 0.4) is 0 Å². The highest BCUT2D eigenvalue weighted by Gasteiger charge is 2.59. The van der Waals surface area contributed by atoms with Gasteiger partial charge in [-0.2, -0.15) is 0 Å². The van der Waals surface area contributed by atoms with E-state index >= 15 is 0 Å². The summed E-state index contributed by atoms with van der Waals surface area (Å²) in [5.41, 5.74) is 1.51. The Labute approximate surface area is 155 Å². The van der Waals surface area contributed by atoms with E-state index in [0.717, 1.165) is 49.2 Å². The molecule has 5 nitrogen and oxygen atoms in total. The molecule has 0 saturated heterocycles. The van der Waals surface area contributed by atoms with Gasteiger partial charge < -0.3 is 15.4 Å². The van der Waals surface area contributed by atoms with Gasteiger partial charge in [-0.25, -0.2) is 4.98 Å². The molecule has 1 aromatic heterocycles. The van der Waals surface area contributed by atoms with Gasteiger partial charge in [-0.3, -0.25) is 4.99 Å². The van der Waals surface area contributed by atoms with Crippen LogP contribution in [0, 0.1) is 19.3 Å². The number of rotatable bonds is 7. The van der Waals surface area contributed by atoms with E-state index in [0.29, 0.717) is 17.6 Å². The molecule has 2 aliphatic rings. The standard InChI is InChI=1S/C19H32N4OS/c1-5-20-18(21-11-8-15-13(3)22-14(4)25-15)23-16-12-17(24-6-2)19(16)9-7-10-19/h16-17H,5-12H2,1-4H3,(H2,20,21,23). The Hall–Kier alpha value is -1.14. The lowest BCUT2D eigenvalue weighted by Gasteiger charge is -2.61. The molecular weight excluding hydrogens is 332 g/mol. The van der Waals surface area contributed by atoms with E-state index in [2.05, 4.69) is 43.3 Å². The van der Waals surface area contributed by atoms with Crippen LogP contribution in [-0.4, -0.2) is 42.8 Å². The summed E-state index contributed by atoms with van der Waals surface area (Å²) in [6.45, 7) is 10.9. The van der Waals surface area contributed by atoms with E-state index < -0.39 is 0 Å². The van der Waals surface area contributed by atoms with Crippen molar-refractivity contribution in [3.63, 3.8) is 0 Å². The van der Waals surface area contributed by atoms with Crippen LogP contribution in [0.4, 0.5) is 0 Å². The second kappa shape index (κ2) is 8.04. The zero-order valence-corrected chi connectivity index (χ0v) is 16.8. The van der Waals surface area contributed by atoms with Crippen LogP contribution in [-0.2, 0) is 11.2 Å². The fraction of sp³-hybridized carbons (Fsp3) is 0.789. The van der Waals surface area contributed by atoms with Gasteiger partial charge in [0, 0.05) is 42.5 Å². The Kier molecular flexibility index (Phi) is 6.00. The molecule has 6 heteroatoms. The molecule has 2 N–H and O–H groups in total. The molecule has 2 atom stereocenters. The fourth-order valence-corrected chi connectivity index (χ4v) is 5.13. The van der Waals surface area contributed by atoms with Crippen LogP contribution in [0.25, 0.3) is 0 Å². The summed E-state index contributed by atoms with van der Waals surface area (Å²) in [7, 11) is 0. The summed E-state index contributed by atoms with van der Waals surface area (Å²) < 4.78 is 5.96. The van der Waals surface area contributed by atoms with Crippen molar-refractivity contribution in [1.82, 2.24) is 15.6 Å². The molecule has 2 aliphatic carbocycles. The monoisotopic (exact) mass is 364 g/mol. The summed E-state index contributed by atoms with van der Waals surface area (Å²) in [5.74, 6) is 0.951. The Morgan fingerprint density at radius 3 is 2.72 bits per heavy atom. The Bertz CT molecular complexity index is 609. The van der Waals surface area contributed by atoms with E-state index in [9.17, 15) is 0 Å². The lowest BCUT2D eigenvalue weighted by molar-refractivity contribution is -0.168. The molecule has 140 valence electrons. The average molecular weight is 365 g/mol. The number of ether oxygens (including phenoxy) is 1. The predicted molar refractivity (Wildman–Crippen MR) is 105 cm³/mol. The molecule has 1 spiro atoms. The third-order valence-electron chi connectivity index (χ3n) is 5.70. The van der Waals surface area contributed by atoms with Gasteiger partial charge in [0.15, 0.2) is 5.96 Å². The van der Waals surface area contributed by atoms with Gasteiger partial charge in [0.25, 0.3) is 0 Å². The second-order valence-electron chi connectivity index (χ2n) is 7.22. The van der Waals surface area contributed by atoms with Gasteiger partial charge in [0.2, 0.25) is 0 Å². The number of aryl methyl sites for hydroxylation is 2. The number of hydrogen-bond acceptors (Lipinski definition) is 4. The molecular formula is C19H32N4OS. The largest absolute Gasteiger partial charge is 0.378 e. The maximum Gasteiger partial charge on any atom is 0.191 e. The van der Waals surface area contributed by atoms with Crippen molar-refractivity contribution in [2.75, 3.05) is 19.7 Å². The molecule has 0 radical (unpaired) electrons. The van der Waals surface area contributed by atoms with Gasteiger partial charge in [-0.05, 0) is 47.0 Å². The Balaban J connectivity index is 1.57. The molecule has 3 rings (SSSR count). The third kappa shape index (κ3) is 3.85. The van der Waals surface area contributed by atoms with E-state index in [1.807, 2.05) is 0 Å². The van der Waals surface area contributed by atoms with Crippen LogP contribution in [0.15, 0.2) is 4.99 Å². The Morgan fingerprint density at radius 2 is 2.16 bits per heavy atom. The zero-order chi connectivity index (χ0) is 17.9. The first-order chi connectivity index (χ1) is 12.1. The van der Waals surface area contributed by atoms with E-state index in [1.54, 1.807) is 11.3 Å². The zero-order valence-electron chi connectivity index (χ0n) is 16.0. The van der Waals surface area contributed by atoms with Crippen molar-refractivity contribution in [2.45, 2.75) is 71.9 Å². The minimum absolute atomic E-state index is 0.359. The molecule has 0 amide bonds. The number of nitrogens with zero attached hydrogens (tertiary/aromatic N) is 2. The highest BCUT2D eigenvalue weighted by atomic mass is 32.1. The van der Waals surface area contributed by atoms with Crippen molar-refractivity contribution < 1.29 is 4.74 Å². The summed E-state index contributed by atoms with van der Waals surface area (Å²) in [4.78, 5) is 10.7. The molecule has 0 aliphatic heterocycles. The van der Waals surface area contributed by atoms with Crippen molar-refractivity contribution in [2.24, 2.45) is 10.4 Å². The molecule has 0 aromatic carbocycles. The highest BCUT2D eigenvalue weighted by Crippen LogP contribution is 2.57.